The van der Waals surface area contributed by atoms with E-state index < -0.39 is 0 Å². The van der Waals surface area contributed by atoms with E-state index in [2.05, 4.69) is 0 Å². The maximum Gasteiger partial charge on any atom is 0.166 e. The third-order valence-electron chi connectivity index (χ3n) is 2.40. The Hall–Kier alpha value is -1.64. The Morgan fingerprint density at radius 3 is 2.62 bits per heavy atom. The van der Waals surface area contributed by atoms with Gasteiger partial charge in [-0.25, -0.2) is 0 Å². The molecule has 1 aromatic rings. The average Bonchev–Trinajstić information content (AvgIpc) is 2.27. The molecule has 1 rings (SSSR count). The van der Waals surface area contributed by atoms with Crippen LogP contribution in [0.1, 0.15) is 30.6 Å². The standard InChI is InChI=1S/C13H16O3/c1-9(7-10(2)14)13(15)11-5-4-6-12(8-11)16-3/h4-6,8-9H,7H2,1-3H3. The highest BCUT2D eigenvalue weighted by Crippen LogP contribution is 2.17. The van der Waals surface area contributed by atoms with Crippen molar-refractivity contribution in [2.75, 3.05) is 7.11 Å². The van der Waals surface area contributed by atoms with Gasteiger partial charge in [0.1, 0.15) is 11.5 Å². The minimum Gasteiger partial charge on any atom is -0.497 e. The van der Waals surface area contributed by atoms with Gasteiger partial charge in [-0.1, -0.05) is 19.1 Å². The molecule has 0 saturated carbocycles. The van der Waals surface area contributed by atoms with Gasteiger partial charge >= 0.3 is 0 Å². The molecule has 3 nitrogen and oxygen atoms in total. The Balaban J connectivity index is 2.83. The summed E-state index contributed by atoms with van der Waals surface area (Å²) in [5.74, 6) is 0.392. The fourth-order valence-corrected chi connectivity index (χ4v) is 1.58. The lowest BCUT2D eigenvalue weighted by molar-refractivity contribution is -0.117. The minimum atomic E-state index is -0.274. The molecule has 1 aromatic carbocycles. The Kier molecular flexibility index (Phi) is 4.23. The summed E-state index contributed by atoms with van der Waals surface area (Å²) in [6.45, 7) is 3.26. The molecule has 0 aliphatic rings. The van der Waals surface area contributed by atoms with Gasteiger partial charge in [0.2, 0.25) is 0 Å². The number of benzene rings is 1. The van der Waals surface area contributed by atoms with E-state index in [1.54, 1.807) is 38.3 Å². The molecule has 3 heteroatoms. The van der Waals surface area contributed by atoms with E-state index in [0.29, 0.717) is 11.3 Å². The van der Waals surface area contributed by atoms with Crippen LogP contribution in [-0.4, -0.2) is 18.7 Å². The molecule has 0 saturated heterocycles. The summed E-state index contributed by atoms with van der Waals surface area (Å²) in [6.07, 6.45) is 0.288. The van der Waals surface area contributed by atoms with Crippen LogP contribution in [0.3, 0.4) is 0 Å². The minimum absolute atomic E-state index is 0.0194. The molecule has 16 heavy (non-hydrogen) atoms. The van der Waals surface area contributed by atoms with Crippen LogP contribution in [0.15, 0.2) is 24.3 Å². The summed E-state index contributed by atoms with van der Waals surface area (Å²) >= 11 is 0. The number of ketones is 2. The van der Waals surface area contributed by atoms with Gasteiger partial charge in [0.25, 0.3) is 0 Å². The Bertz CT molecular complexity index is 396. The van der Waals surface area contributed by atoms with E-state index in [0.717, 1.165) is 0 Å². The number of ether oxygens (including phenoxy) is 1. The van der Waals surface area contributed by atoms with Crippen LogP contribution in [-0.2, 0) is 4.79 Å². The van der Waals surface area contributed by atoms with Crippen molar-refractivity contribution in [2.45, 2.75) is 20.3 Å². The van der Waals surface area contributed by atoms with Crippen LogP contribution < -0.4 is 4.74 Å². The second-order valence-corrected chi connectivity index (χ2v) is 3.90. The van der Waals surface area contributed by atoms with E-state index in [4.69, 9.17) is 4.74 Å². The molecule has 0 bridgehead atoms. The summed E-state index contributed by atoms with van der Waals surface area (Å²) in [7, 11) is 1.56. The van der Waals surface area contributed by atoms with Gasteiger partial charge in [-0.3, -0.25) is 4.79 Å². The molecular weight excluding hydrogens is 204 g/mol. The quantitative estimate of drug-likeness (QED) is 0.716. The smallest absolute Gasteiger partial charge is 0.166 e. The summed E-state index contributed by atoms with van der Waals surface area (Å²) in [5, 5.41) is 0. The van der Waals surface area contributed by atoms with Crippen LogP contribution in [0, 0.1) is 5.92 Å². The lowest BCUT2D eigenvalue weighted by Crippen LogP contribution is -2.14. The highest BCUT2D eigenvalue weighted by molar-refractivity contribution is 5.99. The zero-order valence-electron chi connectivity index (χ0n) is 9.82. The van der Waals surface area contributed by atoms with E-state index >= 15 is 0 Å². The van der Waals surface area contributed by atoms with Crippen LogP contribution in [0.4, 0.5) is 0 Å². The molecule has 0 heterocycles. The second-order valence-electron chi connectivity index (χ2n) is 3.90. The van der Waals surface area contributed by atoms with Crippen LogP contribution in [0.2, 0.25) is 0 Å². The molecule has 0 N–H and O–H groups in total. The topological polar surface area (TPSA) is 43.4 Å². The van der Waals surface area contributed by atoms with Crippen molar-refractivity contribution in [3.05, 3.63) is 29.8 Å². The first kappa shape index (κ1) is 12.4. The third-order valence-corrected chi connectivity index (χ3v) is 2.40. The molecule has 1 unspecified atom stereocenters. The van der Waals surface area contributed by atoms with Crippen molar-refractivity contribution in [1.82, 2.24) is 0 Å². The van der Waals surface area contributed by atoms with Gasteiger partial charge in [-0.2, -0.15) is 0 Å². The van der Waals surface area contributed by atoms with Crippen LogP contribution in [0.5, 0.6) is 5.75 Å². The first-order chi connectivity index (χ1) is 7.54. The van der Waals surface area contributed by atoms with Crippen molar-refractivity contribution < 1.29 is 14.3 Å². The van der Waals surface area contributed by atoms with E-state index in [-0.39, 0.29) is 23.9 Å². The second kappa shape index (κ2) is 5.45. The maximum absolute atomic E-state index is 11.9. The van der Waals surface area contributed by atoms with Crippen molar-refractivity contribution in [2.24, 2.45) is 5.92 Å². The molecule has 0 spiro atoms. The Morgan fingerprint density at radius 1 is 1.38 bits per heavy atom. The molecule has 0 amide bonds. The van der Waals surface area contributed by atoms with Crippen molar-refractivity contribution >= 4 is 11.6 Å². The van der Waals surface area contributed by atoms with E-state index in [1.807, 2.05) is 0 Å². The number of hydrogen-bond donors (Lipinski definition) is 0. The number of Topliss-reactive ketones (excluding diaryl/α,β-unsaturated/α-hetero) is 2. The molecular formula is C13H16O3. The summed E-state index contributed by atoms with van der Waals surface area (Å²) < 4.78 is 5.05. The van der Waals surface area contributed by atoms with Gasteiger partial charge < -0.3 is 9.53 Å². The number of carbonyl (C=O) groups is 2. The Morgan fingerprint density at radius 2 is 2.06 bits per heavy atom. The Labute approximate surface area is 95.4 Å². The van der Waals surface area contributed by atoms with Gasteiger partial charge in [0.05, 0.1) is 7.11 Å². The SMILES string of the molecule is COc1cccc(C(=O)C(C)CC(C)=O)c1. The first-order valence-corrected chi connectivity index (χ1v) is 5.22. The monoisotopic (exact) mass is 220 g/mol. The van der Waals surface area contributed by atoms with Crippen molar-refractivity contribution in [1.29, 1.82) is 0 Å². The van der Waals surface area contributed by atoms with Gasteiger partial charge in [-0.15, -0.1) is 0 Å². The average molecular weight is 220 g/mol. The fraction of sp³-hybridized carbons (Fsp3) is 0.385. The van der Waals surface area contributed by atoms with Gasteiger partial charge in [0, 0.05) is 17.9 Å². The number of carbonyl (C=O) groups excluding carboxylic acids is 2. The predicted octanol–water partition coefficient (Wildman–Crippen LogP) is 2.49. The summed E-state index contributed by atoms with van der Waals surface area (Å²) in [6, 6.07) is 6.99. The lowest BCUT2D eigenvalue weighted by atomic mass is 9.95. The van der Waals surface area contributed by atoms with Gasteiger partial charge in [-0.05, 0) is 19.1 Å². The molecule has 0 fully saturated rings. The summed E-state index contributed by atoms with van der Waals surface area (Å²) in [5.41, 5.74) is 0.591. The zero-order chi connectivity index (χ0) is 12.1. The lowest BCUT2D eigenvalue weighted by Gasteiger charge is -2.09. The molecule has 1 atom stereocenters. The molecule has 0 radical (unpaired) electrons. The molecule has 0 aromatic heterocycles. The molecule has 86 valence electrons. The number of hydrogen-bond acceptors (Lipinski definition) is 3. The highest BCUT2D eigenvalue weighted by atomic mass is 16.5. The largest absolute Gasteiger partial charge is 0.497 e. The van der Waals surface area contributed by atoms with Crippen molar-refractivity contribution in [3.63, 3.8) is 0 Å². The number of methoxy groups -OCH3 is 1. The zero-order valence-corrected chi connectivity index (χ0v) is 9.82. The normalized spacial score (nSPS) is 11.9. The molecule has 0 aliphatic heterocycles. The number of rotatable bonds is 5. The van der Waals surface area contributed by atoms with E-state index in [9.17, 15) is 9.59 Å². The van der Waals surface area contributed by atoms with E-state index in [1.165, 1.54) is 6.92 Å². The van der Waals surface area contributed by atoms with Crippen molar-refractivity contribution in [3.8, 4) is 5.75 Å². The maximum atomic E-state index is 11.9. The van der Waals surface area contributed by atoms with Crippen LogP contribution in [0.25, 0.3) is 0 Å². The fourth-order valence-electron chi connectivity index (χ4n) is 1.58. The summed E-state index contributed by atoms with van der Waals surface area (Å²) in [4.78, 5) is 22.9. The molecule has 0 aliphatic carbocycles. The first-order valence-electron chi connectivity index (χ1n) is 5.22. The third kappa shape index (κ3) is 3.19. The van der Waals surface area contributed by atoms with Gasteiger partial charge in [0.15, 0.2) is 5.78 Å². The van der Waals surface area contributed by atoms with Crippen LogP contribution >= 0.6 is 0 Å². The highest BCUT2D eigenvalue weighted by Gasteiger charge is 2.17. The predicted molar refractivity (Wildman–Crippen MR) is 61.8 cm³/mol.